The molecule has 6 heteroatoms. The fourth-order valence-electron chi connectivity index (χ4n) is 3.42. The van der Waals surface area contributed by atoms with E-state index in [1.807, 2.05) is 67.6 Å². The van der Waals surface area contributed by atoms with Gasteiger partial charge >= 0.3 is 5.97 Å². The Kier molecular flexibility index (Phi) is 7.77. The first-order valence-electron chi connectivity index (χ1n) is 9.90. The van der Waals surface area contributed by atoms with Gasteiger partial charge in [0.2, 0.25) is 0 Å². The third-order valence-electron chi connectivity index (χ3n) is 5.02. The van der Waals surface area contributed by atoms with Crippen LogP contribution in [-0.2, 0) is 37.0 Å². The highest BCUT2D eigenvalue weighted by molar-refractivity contribution is 5.65. The zero-order valence-corrected chi connectivity index (χ0v) is 16.9. The molecule has 2 aromatic carbocycles. The lowest BCUT2D eigenvalue weighted by Crippen LogP contribution is -2.62. The molecule has 2 N–H and O–H groups in total. The Balaban J connectivity index is 1.75. The van der Waals surface area contributed by atoms with E-state index in [4.69, 9.17) is 24.7 Å². The zero-order chi connectivity index (χ0) is 20.6. The van der Waals surface area contributed by atoms with Crippen molar-refractivity contribution in [2.45, 2.75) is 57.5 Å². The van der Waals surface area contributed by atoms with Crippen molar-refractivity contribution < 1.29 is 23.7 Å². The second-order valence-corrected chi connectivity index (χ2v) is 7.28. The van der Waals surface area contributed by atoms with Crippen molar-refractivity contribution in [1.82, 2.24) is 0 Å². The number of esters is 1. The molecule has 1 aliphatic heterocycles. The second kappa shape index (κ2) is 10.5. The average Bonchev–Trinajstić information content (AvgIpc) is 2.74. The van der Waals surface area contributed by atoms with Gasteiger partial charge in [0.1, 0.15) is 24.9 Å². The monoisotopic (exact) mass is 399 g/mol. The highest BCUT2D eigenvalue weighted by Gasteiger charge is 2.44. The summed E-state index contributed by atoms with van der Waals surface area (Å²) in [6.07, 6.45) is -1.58. The van der Waals surface area contributed by atoms with Crippen molar-refractivity contribution >= 4 is 5.97 Å². The standard InChI is InChI=1S/C23H29NO5/c1-16-21(24)23(28-14-19-11-7-4-8-12-19)22(20(29-16)15-26-17(2)25)27-13-18-9-5-3-6-10-18/h3-12,16,20-23H,13-15,24H2,1-2H3. The van der Waals surface area contributed by atoms with Crippen LogP contribution in [0, 0.1) is 0 Å². The normalized spacial score (nSPS) is 26.8. The molecular weight excluding hydrogens is 370 g/mol. The minimum Gasteiger partial charge on any atom is -0.463 e. The molecule has 29 heavy (non-hydrogen) atoms. The Hall–Kier alpha value is -2.25. The molecule has 1 saturated heterocycles. The summed E-state index contributed by atoms with van der Waals surface area (Å²) in [5.41, 5.74) is 8.51. The van der Waals surface area contributed by atoms with Crippen LogP contribution in [0.15, 0.2) is 60.7 Å². The fourth-order valence-corrected chi connectivity index (χ4v) is 3.42. The largest absolute Gasteiger partial charge is 0.463 e. The minimum absolute atomic E-state index is 0.0943. The molecule has 3 rings (SSSR count). The summed E-state index contributed by atoms with van der Waals surface area (Å²) in [5, 5.41) is 0. The summed E-state index contributed by atoms with van der Waals surface area (Å²) in [5.74, 6) is -0.361. The average molecular weight is 399 g/mol. The fraction of sp³-hybridized carbons (Fsp3) is 0.435. The molecule has 0 radical (unpaired) electrons. The maximum absolute atomic E-state index is 11.3. The van der Waals surface area contributed by atoms with Gasteiger partial charge in [-0.3, -0.25) is 4.79 Å². The lowest BCUT2D eigenvalue weighted by Gasteiger charge is -2.44. The van der Waals surface area contributed by atoms with E-state index in [1.54, 1.807) is 0 Å². The number of carbonyl (C=O) groups excluding carboxylic acids is 1. The van der Waals surface area contributed by atoms with E-state index < -0.39 is 18.3 Å². The summed E-state index contributed by atoms with van der Waals surface area (Å²) >= 11 is 0. The molecule has 6 nitrogen and oxygen atoms in total. The molecular formula is C23H29NO5. The Morgan fingerprint density at radius 1 is 0.931 bits per heavy atom. The van der Waals surface area contributed by atoms with Crippen molar-refractivity contribution in [3.05, 3.63) is 71.8 Å². The Bertz CT molecular complexity index is 754. The lowest BCUT2D eigenvalue weighted by atomic mass is 9.93. The first-order valence-corrected chi connectivity index (χ1v) is 9.90. The number of carbonyl (C=O) groups is 1. The highest BCUT2D eigenvalue weighted by atomic mass is 16.6. The molecule has 5 atom stereocenters. The van der Waals surface area contributed by atoms with Crippen LogP contribution in [0.2, 0.25) is 0 Å². The van der Waals surface area contributed by atoms with Crippen molar-refractivity contribution in [3.8, 4) is 0 Å². The van der Waals surface area contributed by atoms with Crippen LogP contribution in [0.1, 0.15) is 25.0 Å². The molecule has 2 aromatic rings. The van der Waals surface area contributed by atoms with E-state index in [0.717, 1.165) is 11.1 Å². The van der Waals surface area contributed by atoms with Crippen molar-refractivity contribution in [3.63, 3.8) is 0 Å². The molecule has 5 unspecified atom stereocenters. The van der Waals surface area contributed by atoms with Crippen molar-refractivity contribution in [2.75, 3.05) is 6.61 Å². The van der Waals surface area contributed by atoms with Crippen LogP contribution in [0.4, 0.5) is 0 Å². The van der Waals surface area contributed by atoms with E-state index in [2.05, 4.69) is 0 Å². The minimum atomic E-state index is -0.468. The first-order chi connectivity index (χ1) is 14.0. The molecule has 1 fully saturated rings. The Morgan fingerprint density at radius 3 is 1.97 bits per heavy atom. The number of rotatable bonds is 8. The van der Waals surface area contributed by atoms with E-state index in [1.165, 1.54) is 6.92 Å². The number of hydrogen-bond donors (Lipinski definition) is 1. The molecule has 1 heterocycles. The number of hydrogen-bond acceptors (Lipinski definition) is 6. The van der Waals surface area contributed by atoms with Crippen LogP contribution in [0.3, 0.4) is 0 Å². The summed E-state index contributed by atoms with van der Waals surface area (Å²) in [6.45, 7) is 4.17. The quantitative estimate of drug-likeness (QED) is 0.688. The first kappa shape index (κ1) is 21.5. The van der Waals surface area contributed by atoms with Gasteiger partial charge in [0, 0.05) is 6.92 Å². The zero-order valence-electron chi connectivity index (χ0n) is 16.9. The van der Waals surface area contributed by atoms with Gasteiger partial charge in [0.15, 0.2) is 0 Å². The molecule has 1 aliphatic rings. The number of benzene rings is 2. The summed E-state index contributed by atoms with van der Waals surface area (Å²) < 4.78 is 23.7. The van der Waals surface area contributed by atoms with Crippen molar-refractivity contribution in [1.29, 1.82) is 0 Å². The third-order valence-corrected chi connectivity index (χ3v) is 5.02. The number of nitrogens with two attached hydrogens (primary N) is 1. The summed E-state index contributed by atoms with van der Waals surface area (Å²) in [4.78, 5) is 11.3. The molecule has 0 spiro atoms. The number of ether oxygens (including phenoxy) is 4. The topological polar surface area (TPSA) is 80.0 Å². The van der Waals surface area contributed by atoms with Crippen LogP contribution in [0.5, 0.6) is 0 Å². The van der Waals surface area contributed by atoms with Crippen LogP contribution in [-0.4, -0.2) is 43.0 Å². The molecule has 0 aromatic heterocycles. The summed E-state index contributed by atoms with van der Waals surface area (Å²) in [7, 11) is 0. The van der Waals surface area contributed by atoms with Gasteiger partial charge in [-0.15, -0.1) is 0 Å². The van der Waals surface area contributed by atoms with Crippen LogP contribution >= 0.6 is 0 Å². The molecule has 156 valence electrons. The van der Waals surface area contributed by atoms with Gasteiger partial charge in [-0.05, 0) is 18.1 Å². The molecule has 0 bridgehead atoms. The SMILES string of the molecule is CC(=O)OCC1OC(C)C(N)C(OCc2ccccc2)C1OCc1ccccc1. The van der Waals surface area contributed by atoms with Crippen molar-refractivity contribution in [2.24, 2.45) is 5.73 Å². The lowest BCUT2D eigenvalue weighted by molar-refractivity contribution is -0.223. The van der Waals surface area contributed by atoms with E-state index in [-0.39, 0.29) is 24.7 Å². The Morgan fingerprint density at radius 2 is 1.45 bits per heavy atom. The predicted octanol–water partition coefficient (Wildman–Crippen LogP) is 2.83. The van der Waals surface area contributed by atoms with Gasteiger partial charge in [-0.1, -0.05) is 60.7 Å². The molecule has 0 aliphatic carbocycles. The summed E-state index contributed by atoms with van der Waals surface area (Å²) in [6, 6.07) is 19.4. The van der Waals surface area contributed by atoms with Gasteiger partial charge in [0.05, 0.1) is 25.4 Å². The third kappa shape index (κ3) is 6.11. The van der Waals surface area contributed by atoms with Gasteiger partial charge in [-0.2, -0.15) is 0 Å². The Labute approximate surface area is 171 Å². The maximum atomic E-state index is 11.3. The highest BCUT2D eigenvalue weighted by Crippen LogP contribution is 2.27. The van der Waals surface area contributed by atoms with Gasteiger partial charge in [-0.25, -0.2) is 0 Å². The van der Waals surface area contributed by atoms with E-state index in [0.29, 0.717) is 13.2 Å². The predicted molar refractivity (Wildman–Crippen MR) is 109 cm³/mol. The van der Waals surface area contributed by atoms with E-state index >= 15 is 0 Å². The second-order valence-electron chi connectivity index (χ2n) is 7.28. The smallest absolute Gasteiger partial charge is 0.302 e. The van der Waals surface area contributed by atoms with Gasteiger partial charge in [0.25, 0.3) is 0 Å². The van der Waals surface area contributed by atoms with E-state index in [9.17, 15) is 4.79 Å². The molecule has 0 saturated carbocycles. The van der Waals surface area contributed by atoms with Gasteiger partial charge < -0.3 is 24.7 Å². The molecule has 0 amide bonds. The van der Waals surface area contributed by atoms with Crippen LogP contribution in [0.25, 0.3) is 0 Å². The van der Waals surface area contributed by atoms with Crippen LogP contribution < -0.4 is 5.73 Å². The maximum Gasteiger partial charge on any atom is 0.302 e.